The van der Waals surface area contributed by atoms with Gasteiger partial charge in [0.25, 0.3) is 0 Å². The van der Waals surface area contributed by atoms with Gasteiger partial charge in [0, 0.05) is 0 Å². The third-order valence-corrected chi connectivity index (χ3v) is 5.10. The lowest BCUT2D eigenvalue weighted by Crippen LogP contribution is -2.21. The van der Waals surface area contributed by atoms with Crippen molar-refractivity contribution in [2.24, 2.45) is 11.8 Å². The van der Waals surface area contributed by atoms with Crippen LogP contribution in [-0.4, -0.2) is 13.2 Å². The molecule has 0 radical (unpaired) electrons. The van der Waals surface area contributed by atoms with E-state index in [1.807, 2.05) is 5.57 Å². The Morgan fingerprint density at radius 2 is 1.74 bits per heavy atom. The lowest BCUT2D eigenvalue weighted by molar-refractivity contribution is 0.132. The topological polar surface area (TPSA) is 9.23 Å². The van der Waals surface area contributed by atoms with Gasteiger partial charge >= 0.3 is 0 Å². The Bertz CT molecular complexity index is 292. The van der Waals surface area contributed by atoms with Gasteiger partial charge in [-0.05, 0) is 43.1 Å². The maximum absolute atomic E-state index is 5.78. The van der Waals surface area contributed by atoms with Crippen molar-refractivity contribution in [2.45, 2.75) is 78.1 Å². The van der Waals surface area contributed by atoms with Crippen LogP contribution in [0.15, 0.2) is 11.1 Å². The normalized spacial score (nSPS) is 30.6. The van der Waals surface area contributed by atoms with Gasteiger partial charge in [0.1, 0.15) is 0 Å². The average Bonchev–Trinajstić information content (AvgIpc) is 2.47. The van der Waals surface area contributed by atoms with Gasteiger partial charge in [-0.3, -0.25) is 0 Å². The smallest absolute Gasteiger partial charge is 0.0682 e. The van der Waals surface area contributed by atoms with Crippen LogP contribution in [0.25, 0.3) is 0 Å². The van der Waals surface area contributed by atoms with E-state index in [0.29, 0.717) is 0 Å². The number of hydrogen-bond acceptors (Lipinski definition) is 1. The number of rotatable bonds is 2. The van der Waals surface area contributed by atoms with Crippen LogP contribution in [0.5, 0.6) is 0 Å². The summed E-state index contributed by atoms with van der Waals surface area (Å²) in [7, 11) is 0. The van der Waals surface area contributed by atoms with Crippen LogP contribution < -0.4 is 0 Å². The van der Waals surface area contributed by atoms with Gasteiger partial charge in [-0.15, -0.1) is 0 Å². The molecule has 0 spiro atoms. The van der Waals surface area contributed by atoms with Crippen LogP contribution in [0.4, 0.5) is 0 Å². The molecule has 0 saturated carbocycles. The standard InChI is InChI=1S/C18H32O/c1-3-9-16-11-8-6-4-5-7-10-15(2)18-14-19-13-12-17(16)18/h15-16H,3-14H2,1-2H3. The van der Waals surface area contributed by atoms with Crippen LogP contribution in [0.3, 0.4) is 0 Å². The maximum atomic E-state index is 5.78. The van der Waals surface area contributed by atoms with Gasteiger partial charge in [0.2, 0.25) is 0 Å². The van der Waals surface area contributed by atoms with E-state index >= 15 is 0 Å². The summed E-state index contributed by atoms with van der Waals surface area (Å²) in [5.74, 6) is 1.62. The first kappa shape index (κ1) is 15.1. The fourth-order valence-corrected chi connectivity index (χ4v) is 3.93. The quantitative estimate of drug-likeness (QED) is 0.598. The van der Waals surface area contributed by atoms with Crippen molar-refractivity contribution in [2.75, 3.05) is 13.2 Å². The summed E-state index contributed by atoms with van der Waals surface area (Å²) >= 11 is 0. The Hall–Kier alpha value is -0.300. The van der Waals surface area contributed by atoms with E-state index in [-0.39, 0.29) is 0 Å². The molecule has 0 saturated heterocycles. The number of ether oxygens (including phenoxy) is 1. The largest absolute Gasteiger partial charge is 0.377 e. The van der Waals surface area contributed by atoms with E-state index in [1.165, 1.54) is 64.2 Å². The van der Waals surface area contributed by atoms with Crippen molar-refractivity contribution in [3.8, 4) is 0 Å². The zero-order valence-electron chi connectivity index (χ0n) is 13.0. The summed E-state index contributed by atoms with van der Waals surface area (Å²) < 4.78 is 5.78. The summed E-state index contributed by atoms with van der Waals surface area (Å²) in [4.78, 5) is 0. The van der Waals surface area contributed by atoms with E-state index in [1.54, 1.807) is 5.57 Å². The molecule has 1 nitrogen and oxygen atoms in total. The molecule has 110 valence electrons. The summed E-state index contributed by atoms with van der Waals surface area (Å²) in [6, 6.07) is 0. The first-order chi connectivity index (χ1) is 9.33. The Morgan fingerprint density at radius 3 is 2.53 bits per heavy atom. The van der Waals surface area contributed by atoms with Gasteiger partial charge in [-0.1, -0.05) is 57.9 Å². The zero-order chi connectivity index (χ0) is 13.5. The molecular formula is C18H32O. The van der Waals surface area contributed by atoms with E-state index in [4.69, 9.17) is 4.74 Å². The van der Waals surface area contributed by atoms with Gasteiger partial charge in [0.05, 0.1) is 13.2 Å². The molecule has 0 fully saturated rings. The number of hydrogen-bond donors (Lipinski definition) is 0. The van der Waals surface area contributed by atoms with Crippen molar-refractivity contribution >= 4 is 0 Å². The van der Waals surface area contributed by atoms with Crippen molar-refractivity contribution < 1.29 is 4.74 Å². The van der Waals surface area contributed by atoms with Gasteiger partial charge < -0.3 is 4.74 Å². The molecule has 0 bridgehead atoms. The molecule has 0 N–H and O–H groups in total. The van der Waals surface area contributed by atoms with Gasteiger partial charge in [0.15, 0.2) is 0 Å². The second-order valence-electron chi connectivity index (χ2n) is 6.58. The monoisotopic (exact) mass is 264 g/mol. The molecule has 0 aromatic rings. The molecule has 19 heavy (non-hydrogen) atoms. The highest BCUT2D eigenvalue weighted by atomic mass is 16.5. The van der Waals surface area contributed by atoms with Crippen LogP contribution in [-0.2, 0) is 4.74 Å². The fraction of sp³-hybridized carbons (Fsp3) is 0.889. The van der Waals surface area contributed by atoms with E-state index in [2.05, 4.69) is 13.8 Å². The third-order valence-electron chi connectivity index (χ3n) is 5.10. The SMILES string of the molecule is CCCC1CCCCCCCC(C)C2=C1CCOC2. The summed E-state index contributed by atoms with van der Waals surface area (Å²) in [6.45, 7) is 6.67. The van der Waals surface area contributed by atoms with E-state index < -0.39 is 0 Å². The second-order valence-corrected chi connectivity index (χ2v) is 6.58. The second kappa shape index (κ2) is 8.09. The highest BCUT2D eigenvalue weighted by molar-refractivity contribution is 5.22. The zero-order valence-corrected chi connectivity index (χ0v) is 13.0. The molecule has 2 rings (SSSR count). The van der Waals surface area contributed by atoms with Gasteiger partial charge in [-0.2, -0.15) is 0 Å². The molecule has 0 aromatic heterocycles. The minimum absolute atomic E-state index is 0.757. The first-order valence-corrected chi connectivity index (χ1v) is 8.62. The molecule has 2 atom stereocenters. The molecule has 0 amide bonds. The van der Waals surface area contributed by atoms with Crippen LogP contribution >= 0.6 is 0 Å². The van der Waals surface area contributed by atoms with Crippen molar-refractivity contribution in [3.63, 3.8) is 0 Å². The highest BCUT2D eigenvalue weighted by Crippen LogP contribution is 2.36. The summed E-state index contributed by atoms with van der Waals surface area (Å²) in [5, 5.41) is 0. The van der Waals surface area contributed by atoms with Crippen molar-refractivity contribution in [1.82, 2.24) is 0 Å². The summed E-state index contributed by atoms with van der Waals surface area (Å²) in [5.41, 5.74) is 3.49. The molecule has 1 heteroatoms. The molecular weight excluding hydrogens is 232 g/mol. The fourth-order valence-electron chi connectivity index (χ4n) is 3.93. The lowest BCUT2D eigenvalue weighted by atomic mass is 9.80. The predicted octanol–water partition coefficient (Wildman–Crippen LogP) is 5.50. The molecule has 1 aliphatic carbocycles. The Balaban J connectivity index is 2.18. The summed E-state index contributed by atoms with van der Waals surface area (Å²) in [6.07, 6.45) is 13.9. The maximum Gasteiger partial charge on any atom is 0.0682 e. The minimum Gasteiger partial charge on any atom is -0.377 e. The van der Waals surface area contributed by atoms with Crippen molar-refractivity contribution in [1.29, 1.82) is 0 Å². The Morgan fingerprint density at radius 1 is 1.00 bits per heavy atom. The van der Waals surface area contributed by atoms with Crippen molar-refractivity contribution in [3.05, 3.63) is 11.1 Å². The van der Waals surface area contributed by atoms with Crippen LogP contribution in [0, 0.1) is 11.8 Å². The predicted molar refractivity (Wildman–Crippen MR) is 82.3 cm³/mol. The van der Waals surface area contributed by atoms with E-state index in [0.717, 1.165) is 25.0 Å². The minimum atomic E-state index is 0.757. The molecule has 1 heterocycles. The Labute approximate surface area is 119 Å². The molecule has 2 aliphatic rings. The van der Waals surface area contributed by atoms with Crippen LogP contribution in [0.2, 0.25) is 0 Å². The molecule has 1 aliphatic heterocycles. The van der Waals surface area contributed by atoms with Crippen LogP contribution in [0.1, 0.15) is 78.1 Å². The Kier molecular flexibility index (Phi) is 6.43. The lowest BCUT2D eigenvalue weighted by Gasteiger charge is -2.30. The average molecular weight is 264 g/mol. The van der Waals surface area contributed by atoms with Gasteiger partial charge in [-0.25, -0.2) is 0 Å². The molecule has 2 unspecified atom stereocenters. The molecule has 0 aromatic carbocycles. The van der Waals surface area contributed by atoms with E-state index in [9.17, 15) is 0 Å². The highest BCUT2D eigenvalue weighted by Gasteiger charge is 2.24. The first-order valence-electron chi connectivity index (χ1n) is 8.62. The third kappa shape index (κ3) is 4.34.